The molecule has 0 amide bonds. The molecular formula is C10H20O5. The lowest BCUT2D eigenvalue weighted by Crippen LogP contribution is -2.17. The molecule has 15 heavy (non-hydrogen) atoms. The fourth-order valence-corrected chi connectivity index (χ4v) is 0.701. The lowest BCUT2D eigenvalue weighted by Gasteiger charge is -1.95. The summed E-state index contributed by atoms with van der Waals surface area (Å²) in [4.78, 5) is 19.6. The van der Waals surface area contributed by atoms with Crippen LogP contribution in [0, 0.1) is 0 Å². The van der Waals surface area contributed by atoms with Gasteiger partial charge in [-0.2, -0.15) is 0 Å². The largest absolute Gasteiger partial charge is 0.481 e. The Morgan fingerprint density at radius 3 is 1.87 bits per heavy atom. The number of carboxylic acids is 2. The second-order valence-electron chi connectivity index (χ2n) is 3.11. The molecule has 0 rings (SSSR count). The van der Waals surface area contributed by atoms with E-state index in [0.717, 1.165) is 19.3 Å². The van der Waals surface area contributed by atoms with Crippen LogP contribution in [0.25, 0.3) is 0 Å². The third-order valence-electron chi connectivity index (χ3n) is 1.67. The van der Waals surface area contributed by atoms with Crippen molar-refractivity contribution in [3.8, 4) is 0 Å². The summed E-state index contributed by atoms with van der Waals surface area (Å²) in [6, 6.07) is 0. The topological polar surface area (TPSA) is 94.8 Å². The van der Waals surface area contributed by atoms with E-state index in [0.29, 0.717) is 6.42 Å². The smallest absolute Gasteiger partial charge is 0.332 e. The van der Waals surface area contributed by atoms with Crippen molar-refractivity contribution < 1.29 is 24.9 Å². The van der Waals surface area contributed by atoms with E-state index >= 15 is 0 Å². The van der Waals surface area contributed by atoms with Crippen molar-refractivity contribution in [1.29, 1.82) is 0 Å². The first-order valence-corrected chi connectivity index (χ1v) is 5.08. The lowest BCUT2D eigenvalue weighted by molar-refractivity contribution is -0.146. The first-order chi connectivity index (χ1) is 6.95. The van der Waals surface area contributed by atoms with E-state index in [1.165, 1.54) is 0 Å². The van der Waals surface area contributed by atoms with Gasteiger partial charge in [-0.3, -0.25) is 4.79 Å². The number of aliphatic hydroxyl groups is 1. The second kappa shape index (κ2) is 11.0. The average molecular weight is 220 g/mol. The number of aliphatic carboxylic acids is 2. The molecule has 3 N–H and O–H groups in total. The Bertz CT molecular complexity index is 179. The third kappa shape index (κ3) is 15.6. The Hall–Kier alpha value is -1.10. The van der Waals surface area contributed by atoms with Crippen molar-refractivity contribution in [3.63, 3.8) is 0 Å². The van der Waals surface area contributed by atoms with Gasteiger partial charge in [0.05, 0.1) is 0 Å². The molecule has 0 radical (unpaired) electrons. The molecule has 0 aromatic carbocycles. The van der Waals surface area contributed by atoms with Gasteiger partial charge in [0.2, 0.25) is 0 Å². The maximum absolute atomic E-state index is 9.87. The van der Waals surface area contributed by atoms with Crippen LogP contribution >= 0.6 is 0 Å². The molecule has 90 valence electrons. The normalized spacial score (nSPS) is 11.1. The number of hydrogen-bond donors (Lipinski definition) is 3. The van der Waals surface area contributed by atoms with Gasteiger partial charge in [-0.1, -0.05) is 26.7 Å². The summed E-state index contributed by atoms with van der Waals surface area (Å²) in [6.45, 7) is 3.67. The summed E-state index contributed by atoms with van der Waals surface area (Å²) < 4.78 is 0. The molecule has 5 nitrogen and oxygen atoms in total. The highest BCUT2D eigenvalue weighted by Crippen LogP contribution is 1.97. The summed E-state index contributed by atoms with van der Waals surface area (Å²) in [5.41, 5.74) is 0. The van der Waals surface area contributed by atoms with E-state index < -0.39 is 18.0 Å². The summed E-state index contributed by atoms with van der Waals surface area (Å²) >= 11 is 0. The molecule has 0 aliphatic rings. The Labute approximate surface area is 89.7 Å². The van der Waals surface area contributed by atoms with Crippen LogP contribution in [-0.4, -0.2) is 33.4 Å². The molecule has 5 heteroatoms. The van der Waals surface area contributed by atoms with Gasteiger partial charge in [0.15, 0.2) is 6.10 Å². The van der Waals surface area contributed by atoms with E-state index in [-0.39, 0.29) is 6.42 Å². The number of carbonyl (C=O) groups is 2. The highest BCUT2D eigenvalue weighted by molar-refractivity contribution is 5.71. The lowest BCUT2D eigenvalue weighted by atomic mass is 10.2. The van der Waals surface area contributed by atoms with Crippen molar-refractivity contribution in [2.24, 2.45) is 0 Å². The van der Waals surface area contributed by atoms with E-state index in [2.05, 4.69) is 6.92 Å². The Morgan fingerprint density at radius 1 is 1.13 bits per heavy atom. The van der Waals surface area contributed by atoms with Crippen LogP contribution in [0.4, 0.5) is 0 Å². The fourth-order valence-electron chi connectivity index (χ4n) is 0.701. The number of hydrogen-bond acceptors (Lipinski definition) is 3. The molecule has 1 unspecified atom stereocenters. The quantitative estimate of drug-likeness (QED) is 0.589. The van der Waals surface area contributed by atoms with E-state index in [1.54, 1.807) is 6.92 Å². The van der Waals surface area contributed by atoms with Crippen molar-refractivity contribution in [3.05, 3.63) is 0 Å². The zero-order valence-electron chi connectivity index (χ0n) is 9.27. The van der Waals surface area contributed by atoms with Crippen LogP contribution in [-0.2, 0) is 9.59 Å². The van der Waals surface area contributed by atoms with Crippen LogP contribution in [0.15, 0.2) is 0 Å². The van der Waals surface area contributed by atoms with E-state index in [9.17, 15) is 9.59 Å². The van der Waals surface area contributed by atoms with Gasteiger partial charge in [-0.05, 0) is 12.8 Å². The van der Waals surface area contributed by atoms with Gasteiger partial charge < -0.3 is 15.3 Å². The van der Waals surface area contributed by atoms with E-state index in [4.69, 9.17) is 15.3 Å². The zero-order valence-corrected chi connectivity index (χ0v) is 9.27. The SMILES string of the molecule is CCC(O)C(=O)O.CCCCCC(=O)O. The van der Waals surface area contributed by atoms with E-state index in [1.807, 2.05) is 0 Å². The summed E-state index contributed by atoms with van der Waals surface area (Å²) in [5, 5.41) is 24.4. The highest BCUT2D eigenvalue weighted by atomic mass is 16.4. The minimum Gasteiger partial charge on any atom is -0.481 e. The molecule has 0 spiro atoms. The molecule has 0 bridgehead atoms. The fraction of sp³-hybridized carbons (Fsp3) is 0.800. The standard InChI is InChI=1S/C6H12O2.C4H8O3/c1-2-3-4-5-6(7)8;1-2-3(5)4(6)7/h2-5H2,1H3,(H,7,8);3,5H,2H2,1H3,(H,6,7). The van der Waals surface area contributed by atoms with Crippen molar-refractivity contribution >= 4 is 11.9 Å². The van der Waals surface area contributed by atoms with Crippen LogP contribution in [0.2, 0.25) is 0 Å². The van der Waals surface area contributed by atoms with Gasteiger partial charge in [0.1, 0.15) is 0 Å². The first-order valence-electron chi connectivity index (χ1n) is 5.08. The van der Waals surface area contributed by atoms with Crippen molar-refractivity contribution in [1.82, 2.24) is 0 Å². The summed E-state index contributed by atoms with van der Waals surface area (Å²) in [6.07, 6.45) is 2.37. The maximum Gasteiger partial charge on any atom is 0.332 e. The van der Waals surface area contributed by atoms with Gasteiger partial charge >= 0.3 is 11.9 Å². The maximum atomic E-state index is 9.87. The monoisotopic (exact) mass is 220 g/mol. The van der Waals surface area contributed by atoms with Gasteiger partial charge in [0.25, 0.3) is 0 Å². The molecule has 0 aromatic rings. The first kappa shape index (κ1) is 16.3. The van der Waals surface area contributed by atoms with Crippen LogP contribution in [0.5, 0.6) is 0 Å². The predicted molar refractivity (Wildman–Crippen MR) is 55.7 cm³/mol. The number of carboxylic acid groups (broad SMARTS) is 2. The molecule has 1 atom stereocenters. The van der Waals surface area contributed by atoms with Crippen LogP contribution < -0.4 is 0 Å². The Kier molecular flexibility index (Phi) is 12.0. The molecule has 0 aliphatic heterocycles. The van der Waals surface area contributed by atoms with Gasteiger partial charge in [-0.25, -0.2) is 4.79 Å². The molecule has 0 aromatic heterocycles. The molecule has 0 aliphatic carbocycles. The zero-order chi connectivity index (χ0) is 12.3. The Balaban J connectivity index is 0. The molecular weight excluding hydrogens is 200 g/mol. The number of unbranched alkanes of at least 4 members (excludes halogenated alkanes) is 2. The summed E-state index contributed by atoms with van der Waals surface area (Å²) in [5.74, 6) is -1.83. The van der Waals surface area contributed by atoms with Crippen molar-refractivity contribution in [2.45, 2.75) is 52.1 Å². The summed E-state index contributed by atoms with van der Waals surface area (Å²) in [7, 11) is 0. The average Bonchev–Trinajstić information content (AvgIpc) is 2.17. The van der Waals surface area contributed by atoms with Crippen LogP contribution in [0.3, 0.4) is 0 Å². The number of rotatable bonds is 6. The van der Waals surface area contributed by atoms with Crippen molar-refractivity contribution in [2.75, 3.05) is 0 Å². The predicted octanol–water partition coefficient (Wildman–Crippen LogP) is 1.49. The van der Waals surface area contributed by atoms with Crippen LogP contribution in [0.1, 0.15) is 46.0 Å². The highest BCUT2D eigenvalue weighted by Gasteiger charge is 2.07. The minimum absolute atomic E-state index is 0.273. The third-order valence-corrected chi connectivity index (χ3v) is 1.67. The van der Waals surface area contributed by atoms with Gasteiger partial charge in [-0.15, -0.1) is 0 Å². The molecule has 0 heterocycles. The number of aliphatic hydroxyl groups excluding tert-OH is 1. The molecule has 0 saturated heterocycles. The Morgan fingerprint density at radius 2 is 1.67 bits per heavy atom. The van der Waals surface area contributed by atoms with Gasteiger partial charge in [0, 0.05) is 6.42 Å². The minimum atomic E-state index is -1.18. The molecule has 0 saturated carbocycles. The second-order valence-corrected chi connectivity index (χ2v) is 3.11. The molecule has 0 fully saturated rings.